The van der Waals surface area contributed by atoms with Crippen LogP contribution in [0.5, 0.6) is 0 Å². The molecule has 1 heterocycles. The number of unbranched alkanes of at least 4 members (excludes halogenated alkanes) is 2. The van der Waals surface area contributed by atoms with Gasteiger partial charge < -0.3 is 4.74 Å². The average molecular weight is 279 g/mol. The molecule has 0 N–H and O–H groups in total. The second-order valence-corrected chi connectivity index (χ2v) is 5.40. The van der Waals surface area contributed by atoms with Crippen molar-refractivity contribution in [2.75, 3.05) is 31.7 Å². The fourth-order valence-corrected chi connectivity index (χ4v) is 2.70. The smallest absolute Gasteiger partial charge is 0.183 e. The predicted molar refractivity (Wildman–Crippen MR) is 68.2 cm³/mol. The van der Waals surface area contributed by atoms with Crippen LogP contribution >= 0.6 is 15.9 Å². The molecule has 0 aromatic carbocycles. The number of hydrogen-bond acceptors (Lipinski definition) is 1. The molecule has 0 aliphatic carbocycles. The van der Waals surface area contributed by atoms with Crippen LogP contribution < -0.4 is 0 Å². The van der Waals surface area contributed by atoms with Gasteiger partial charge in [-0.2, -0.15) is 0 Å². The summed E-state index contributed by atoms with van der Waals surface area (Å²) in [7, 11) is 0. The van der Waals surface area contributed by atoms with E-state index in [1.807, 2.05) is 0 Å². The van der Waals surface area contributed by atoms with E-state index in [0.717, 1.165) is 12.1 Å². The Balaban J connectivity index is 2.45. The van der Waals surface area contributed by atoms with E-state index >= 15 is 0 Å². The highest BCUT2D eigenvalue weighted by Crippen LogP contribution is 2.22. The van der Waals surface area contributed by atoms with E-state index < -0.39 is 0 Å². The third-order valence-electron chi connectivity index (χ3n) is 3.32. The fourth-order valence-electron chi connectivity index (χ4n) is 2.30. The number of quaternary nitrogens is 1. The lowest BCUT2D eigenvalue weighted by molar-refractivity contribution is -0.926. The van der Waals surface area contributed by atoms with Gasteiger partial charge in [-0.15, -0.1) is 0 Å². The van der Waals surface area contributed by atoms with Gasteiger partial charge in [0.1, 0.15) is 12.6 Å². The van der Waals surface area contributed by atoms with Gasteiger partial charge in [-0.25, -0.2) is 0 Å². The summed E-state index contributed by atoms with van der Waals surface area (Å²) in [4.78, 5) is 0. The number of ether oxygens (including phenoxy) is 1. The molecule has 0 radical (unpaired) electrons. The van der Waals surface area contributed by atoms with Gasteiger partial charge in [0.05, 0.1) is 13.1 Å². The zero-order valence-electron chi connectivity index (χ0n) is 10.2. The Labute approximate surface area is 103 Å². The highest BCUT2D eigenvalue weighted by Gasteiger charge is 2.37. The van der Waals surface area contributed by atoms with Crippen LogP contribution in [0, 0.1) is 0 Å². The molecule has 0 bridgehead atoms. The fraction of sp³-hybridized carbons (Fsp3) is 1.00. The number of alkyl halides is 1. The number of hydrogen-bond donors (Lipinski definition) is 0. The molecule has 1 unspecified atom stereocenters. The van der Waals surface area contributed by atoms with Crippen LogP contribution in [0.25, 0.3) is 0 Å². The van der Waals surface area contributed by atoms with Gasteiger partial charge in [0, 0.05) is 5.33 Å². The zero-order chi connectivity index (χ0) is 11.1. The minimum absolute atomic E-state index is 0.443. The summed E-state index contributed by atoms with van der Waals surface area (Å²) in [5.41, 5.74) is 0. The molecule has 1 rings (SSSR count). The van der Waals surface area contributed by atoms with Crippen LogP contribution in [0.2, 0.25) is 0 Å². The molecule has 1 atom stereocenters. The monoisotopic (exact) mass is 278 g/mol. The highest BCUT2D eigenvalue weighted by molar-refractivity contribution is 9.09. The van der Waals surface area contributed by atoms with E-state index in [9.17, 15) is 0 Å². The molecule has 2 nitrogen and oxygen atoms in total. The molecule has 90 valence electrons. The third kappa shape index (κ3) is 4.04. The SMILES string of the molecule is CCCC[N+]1(CCCC)COC(CBr)C1. The van der Waals surface area contributed by atoms with E-state index in [4.69, 9.17) is 4.74 Å². The van der Waals surface area contributed by atoms with Crippen molar-refractivity contribution in [3.63, 3.8) is 0 Å². The Bertz CT molecular complexity index is 167. The first kappa shape index (κ1) is 13.5. The molecule has 1 aliphatic rings. The maximum absolute atomic E-state index is 5.84. The largest absolute Gasteiger partial charge is 0.322 e. The molecule has 1 saturated heterocycles. The minimum Gasteiger partial charge on any atom is -0.322 e. The van der Waals surface area contributed by atoms with Crippen molar-refractivity contribution >= 4 is 15.9 Å². The van der Waals surface area contributed by atoms with E-state index in [-0.39, 0.29) is 0 Å². The second kappa shape index (κ2) is 6.87. The maximum Gasteiger partial charge on any atom is 0.183 e. The molecule has 1 fully saturated rings. The molecule has 0 aromatic rings. The van der Waals surface area contributed by atoms with Crippen molar-refractivity contribution in [1.82, 2.24) is 0 Å². The lowest BCUT2D eigenvalue weighted by atomic mass is 10.2. The average Bonchev–Trinajstić information content (AvgIpc) is 2.68. The van der Waals surface area contributed by atoms with Crippen LogP contribution in [0.1, 0.15) is 39.5 Å². The zero-order valence-corrected chi connectivity index (χ0v) is 11.8. The molecule has 15 heavy (non-hydrogen) atoms. The summed E-state index contributed by atoms with van der Waals surface area (Å²) in [6, 6.07) is 0. The third-order valence-corrected chi connectivity index (χ3v) is 4.04. The predicted octanol–water partition coefficient (Wildman–Crippen LogP) is 3.15. The molecular weight excluding hydrogens is 254 g/mol. The van der Waals surface area contributed by atoms with Gasteiger partial charge in [0.2, 0.25) is 0 Å². The summed E-state index contributed by atoms with van der Waals surface area (Å²) in [6.45, 7) is 9.31. The molecule has 0 spiro atoms. The van der Waals surface area contributed by atoms with Crippen molar-refractivity contribution < 1.29 is 9.22 Å². The van der Waals surface area contributed by atoms with Crippen molar-refractivity contribution in [2.45, 2.75) is 45.6 Å². The first-order valence-electron chi connectivity index (χ1n) is 6.29. The van der Waals surface area contributed by atoms with E-state index in [0.29, 0.717) is 6.10 Å². The van der Waals surface area contributed by atoms with Gasteiger partial charge in [0.25, 0.3) is 0 Å². The van der Waals surface area contributed by atoms with Crippen LogP contribution in [-0.4, -0.2) is 42.3 Å². The van der Waals surface area contributed by atoms with Gasteiger partial charge in [0.15, 0.2) is 6.73 Å². The van der Waals surface area contributed by atoms with Crippen LogP contribution in [0.3, 0.4) is 0 Å². The lowest BCUT2D eigenvalue weighted by Gasteiger charge is -2.32. The minimum atomic E-state index is 0.443. The molecule has 0 saturated carbocycles. The second-order valence-electron chi connectivity index (χ2n) is 4.75. The van der Waals surface area contributed by atoms with E-state index in [2.05, 4.69) is 29.8 Å². The summed E-state index contributed by atoms with van der Waals surface area (Å²) in [5, 5.41) is 0.991. The summed E-state index contributed by atoms with van der Waals surface area (Å²) in [5.74, 6) is 0. The molecule has 0 aromatic heterocycles. The Morgan fingerprint density at radius 3 is 2.20 bits per heavy atom. The topological polar surface area (TPSA) is 9.23 Å². The Morgan fingerprint density at radius 2 is 1.80 bits per heavy atom. The molecule has 3 heteroatoms. The van der Waals surface area contributed by atoms with Crippen molar-refractivity contribution in [3.8, 4) is 0 Å². The van der Waals surface area contributed by atoms with Crippen LogP contribution in [0.4, 0.5) is 0 Å². The Hall–Kier alpha value is 0.400. The van der Waals surface area contributed by atoms with Gasteiger partial charge in [-0.05, 0) is 12.8 Å². The Morgan fingerprint density at radius 1 is 1.20 bits per heavy atom. The number of halogens is 1. The maximum atomic E-state index is 5.84. The quantitative estimate of drug-likeness (QED) is 0.514. The first-order valence-corrected chi connectivity index (χ1v) is 7.41. The summed E-state index contributed by atoms with van der Waals surface area (Å²) in [6.07, 6.45) is 5.71. The standard InChI is InChI=1S/C12H25BrNO/c1-3-5-7-14(8-6-4-2)10-12(9-13)15-11-14/h12H,3-11H2,1-2H3/q+1. The van der Waals surface area contributed by atoms with E-state index in [1.54, 1.807) is 0 Å². The van der Waals surface area contributed by atoms with Crippen molar-refractivity contribution in [1.29, 1.82) is 0 Å². The highest BCUT2D eigenvalue weighted by atomic mass is 79.9. The summed E-state index contributed by atoms with van der Waals surface area (Å²) >= 11 is 3.53. The normalized spacial score (nSPS) is 24.6. The van der Waals surface area contributed by atoms with Gasteiger partial charge in [-0.3, -0.25) is 4.48 Å². The molecule has 1 aliphatic heterocycles. The van der Waals surface area contributed by atoms with Crippen LogP contribution in [0.15, 0.2) is 0 Å². The van der Waals surface area contributed by atoms with Crippen molar-refractivity contribution in [3.05, 3.63) is 0 Å². The van der Waals surface area contributed by atoms with Crippen LogP contribution in [-0.2, 0) is 4.74 Å². The molecular formula is C12H25BrNO+. The van der Waals surface area contributed by atoms with Gasteiger partial charge in [-0.1, -0.05) is 42.6 Å². The number of nitrogens with zero attached hydrogens (tertiary/aromatic N) is 1. The van der Waals surface area contributed by atoms with Gasteiger partial charge >= 0.3 is 0 Å². The number of rotatable bonds is 7. The lowest BCUT2D eigenvalue weighted by Crippen LogP contribution is -2.48. The molecule has 0 amide bonds. The summed E-state index contributed by atoms with van der Waals surface area (Å²) < 4.78 is 7.04. The first-order chi connectivity index (χ1) is 7.26. The Kier molecular flexibility index (Phi) is 6.17. The van der Waals surface area contributed by atoms with E-state index in [1.165, 1.54) is 49.8 Å². The van der Waals surface area contributed by atoms with Crippen molar-refractivity contribution in [2.24, 2.45) is 0 Å².